The molecule has 0 radical (unpaired) electrons. The Bertz CT molecular complexity index is 1850. The third kappa shape index (κ3) is 16.6. The summed E-state index contributed by atoms with van der Waals surface area (Å²) in [6.45, 7) is 2.15. The van der Waals surface area contributed by atoms with Gasteiger partial charge < -0.3 is 14.2 Å². The third-order valence-corrected chi connectivity index (χ3v) is 12.3. The molecular weight excluding hydrogens is 948 g/mol. The van der Waals surface area contributed by atoms with Gasteiger partial charge in [-0.25, -0.2) is 13.2 Å². The minimum Gasteiger partial charge on any atom is -0.469 e. The number of hydrogen-bond donors (Lipinski definition) is 0. The summed E-state index contributed by atoms with van der Waals surface area (Å²) in [7, 11) is 4.04. The first-order chi connectivity index (χ1) is 28.2. The molecule has 3 saturated carbocycles. The van der Waals surface area contributed by atoms with Gasteiger partial charge in [-0.1, -0.05) is 22.9 Å². The summed E-state index contributed by atoms with van der Waals surface area (Å²) >= 11 is 5.08. The highest BCUT2D eigenvalue weighted by atomic mass is 79.9. The fourth-order valence-corrected chi connectivity index (χ4v) is 9.30. The van der Waals surface area contributed by atoms with E-state index in [1.807, 2.05) is 0 Å². The predicted molar refractivity (Wildman–Crippen MR) is 205 cm³/mol. The zero-order chi connectivity index (χ0) is 46.0. The number of methoxy groups -OCH3 is 3. The van der Waals surface area contributed by atoms with E-state index in [0.29, 0.717) is 43.9 Å². The average molecular weight is 988 g/mol. The van der Waals surface area contributed by atoms with Crippen molar-refractivity contribution in [3.05, 3.63) is 93.2 Å². The van der Waals surface area contributed by atoms with Crippen LogP contribution in [0.4, 0.5) is 52.7 Å². The van der Waals surface area contributed by atoms with Gasteiger partial charge in [0, 0.05) is 24.8 Å². The molecule has 3 fully saturated rings. The molecule has 61 heavy (non-hydrogen) atoms. The minimum atomic E-state index is -4.56. The molecule has 0 N–H and O–H groups in total. The highest BCUT2D eigenvalue weighted by molar-refractivity contribution is 9.10. The Morgan fingerprint density at radius 2 is 0.803 bits per heavy atom. The van der Waals surface area contributed by atoms with Crippen LogP contribution in [-0.2, 0) is 47.1 Å². The number of rotatable bonds is 7. The largest absolute Gasteiger partial charge is 0.469 e. The molecule has 0 bridgehead atoms. The monoisotopic (exact) mass is 986 g/mol. The molecule has 0 saturated heterocycles. The van der Waals surface area contributed by atoms with Gasteiger partial charge in [0.25, 0.3) is 0 Å². The van der Waals surface area contributed by atoms with E-state index < -0.39 is 52.7 Å². The summed E-state index contributed by atoms with van der Waals surface area (Å²) in [5, 5.41) is 0.0315. The van der Waals surface area contributed by atoms with E-state index in [4.69, 9.17) is 0 Å². The lowest BCUT2D eigenvalue weighted by Crippen LogP contribution is -2.33. The van der Waals surface area contributed by atoms with Crippen molar-refractivity contribution >= 4 is 57.4 Å². The summed E-state index contributed by atoms with van der Waals surface area (Å²) in [5.41, 5.74) is -2.98. The van der Waals surface area contributed by atoms with E-state index in [1.165, 1.54) is 21.3 Å². The van der Waals surface area contributed by atoms with Crippen LogP contribution in [0.15, 0.2) is 68.9 Å². The maximum Gasteiger partial charge on any atom is 0.416 e. The Kier molecular flexibility index (Phi) is 18.8. The van der Waals surface area contributed by atoms with Crippen LogP contribution in [0.25, 0.3) is 0 Å². The van der Waals surface area contributed by atoms with Gasteiger partial charge in [0.05, 0.1) is 55.8 Å². The first kappa shape index (κ1) is 51.8. The second-order valence-electron chi connectivity index (χ2n) is 14.2. The summed E-state index contributed by atoms with van der Waals surface area (Å²) in [6, 6.07) is 7.20. The van der Waals surface area contributed by atoms with Crippen LogP contribution >= 0.6 is 39.5 Å². The Hall–Kier alpha value is -3.59. The van der Waals surface area contributed by atoms with Crippen LogP contribution in [0.5, 0.6) is 0 Å². The van der Waals surface area contributed by atoms with E-state index in [2.05, 4.69) is 37.1 Å². The van der Waals surface area contributed by atoms with Gasteiger partial charge in [-0.3, -0.25) is 14.4 Å². The molecule has 0 aromatic heterocycles. The van der Waals surface area contributed by atoms with Crippen molar-refractivity contribution in [2.75, 3.05) is 21.3 Å². The van der Waals surface area contributed by atoms with Crippen LogP contribution in [0.3, 0.4) is 0 Å². The Morgan fingerprint density at radius 3 is 1.08 bits per heavy atom. The molecule has 0 amide bonds. The molecule has 3 aromatic rings. The van der Waals surface area contributed by atoms with Gasteiger partial charge >= 0.3 is 36.4 Å². The van der Waals surface area contributed by atoms with Crippen LogP contribution in [0.1, 0.15) is 62.1 Å². The normalized spacial score (nSPS) is 21.8. The number of esters is 3. The van der Waals surface area contributed by atoms with Crippen molar-refractivity contribution < 1.29 is 81.3 Å². The number of alkyl halides is 9. The first-order valence-electron chi connectivity index (χ1n) is 18.1. The molecule has 6 rings (SSSR count). The van der Waals surface area contributed by atoms with Gasteiger partial charge in [0.2, 0.25) is 0 Å². The number of carbonyl (C=O) groups is 3. The molecule has 6 nitrogen and oxygen atoms in total. The molecule has 21 heteroatoms. The Labute approximate surface area is 359 Å². The third-order valence-electron chi connectivity index (χ3n) is 9.36. The van der Waals surface area contributed by atoms with Crippen LogP contribution in [-0.4, -0.2) is 49.7 Å². The molecule has 0 spiro atoms. The fraction of sp³-hybridized carbons (Fsp3) is 0.475. The van der Waals surface area contributed by atoms with Gasteiger partial charge in [-0.05, 0) is 99.0 Å². The highest BCUT2D eigenvalue weighted by Crippen LogP contribution is 2.44. The van der Waals surface area contributed by atoms with Gasteiger partial charge in [-0.2, -0.15) is 39.5 Å². The number of halogens is 13. The second kappa shape index (κ2) is 22.2. The lowest BCUT2D eigenvalue weighted by atomic mass is 9.76. The van der Waals surface area contributed by atoms with Gasteiger partial charge in [0.1, 0.15) is 17.5 Å². The summed E-state index contributed by atoms with van der Waals surface area (Å²) in [6.07, 6.45) is -9.43. The van der Waals surface area contributed by atoms with Crippen LogP contribution in [0, 0.1) is 41.1 Å². The molecule has 3 aliphatic carbocycles. The van der Waals surface area contributed by atoms with Crippen LogP contribution < -0.4 is 0 Å². The number of hydrogen-bond acceptors (Lipinski definition) is 8. The zero-order valence-electron chi connectivity index (χ0n) is 32.6. The van der Waals surface area contributed by atoms with Crippen molar-refractivity contribution in [1.29, 1.82) is 0 Å². The molecular formula is C40H39BrF12O6S2. The summed E-state index contributed by atoms with van der Waals surface area (Å²) < 4.78 is 164. The van der Waals surface area contributed by atoms with Crippen molar-refractivity contribution in [3.8, 4) is 0 Å². The minimum absolute atomic E-state index is 0.0157. The predicted octanol–water partition coefficient (Wildman–Crippen LogP) is 12.6. The molecule has 3 aromatic carbocycles. The highest BCUT2D eigenvalue weighted by Gasteiger charge is 2.39. The average Bonchev–Trinajstić information content (AvgIpc) is 3.11. The van der Waals surface area contributed by atoms with E-state index in [-0.39, 0.29) is 60.4 Å². The molecule has 0 atom stereocenters. The van der Waals surface area contributed by atoms with E-state index in [9.17, 15) is 67.1 Å². The maximum atomic E-state index is 13.2. The molecule has 0 unspecified atom stereocenters. The van der Waals surface area contributed by atoms with Gasteiger partial charge in [0.15, 0.2) is 0 Å². The van der Waals surface area contributed by atoms with Gasteiger partial charge in [-0.15, -0.1) is 23.5 Å². The van der Waals surface area contributed by atoms with E-state index >= 15 is 0 Å². The number of carbonyl (C=O) groups excluding carboxylic acids is 3. The fourth-order valence-electron chi connectivity index (χ4n) is 5.99. The second-order valence-corrected chi connectivity index (χ2v) is 17.8. The first-order valence-corrected chi connectivity index (χ1v) is 20.6. The van der Waals surface area contributed by atoms with Crippen molar-refractivity contribution in [1.82, 2.24) is 0 Å². The van der Waals surface area contributed by atoms with Crippen molar-refractivity contribution in [3.63, 3.8) is 0 Å². The van der Waals surface area contributed by atoms with Crippen molar-refractivity contribution in [2.24, 2.45) is 23.7 Å². The topological polar surface area (TPSA) is 78.9 Å². The standard InChI is InChI=1S/2C13H12F4O2S.C7H3BrF4.C7H12O2/c2*1-19-12(18)7-2-10(3-7)20-11-5-8(13(15,16)17)4-9(14)6-11;8-5-1-4(7(10,11)12)2-6(9)3-5;1-5-3-6(4-5)7(8)9-2/h2*4-7,10H,2-3H2,1H3;1-3H;5-6H,3-4H2,1-2H3. The number of thioether (sulfide) groups is 2. The smallest absolute Gasteiger partial charge is 0.416 e. The quantitative estimate of drug-likeness (QED) is 0.132. The van der Waals surface area contributed by atoms with Crippen molar-refractivity contribution in [2.45, 2.75) is 84.3 Å². The van der Waals surface area contributed by atoms with E-state index in [1.54, 1.807) is 0 Å². The number of ether oxygens (including phenoxy) is 3. The molecule has 338 valence electrons. The number of benzene rings is 3. The maximum absolute atomic E-state index is 13.2. The SMILES string of the molecule is COC(=O)C1CC(C)C1.COC(=O)C1CC(Sc2cc(F)cc(C(F)(F)F)c2)C1.COC(=O)C1CC(Sc2cc(F)cc(C(F)(F)F)c2)C1.Fc1cc(Br)cc(C(F)(F)F)c1. The Morgan fingerprint density at radius 1 is 0.508 bits per heavy atom. The lowest BCUT2D eigenvalue weighted by molar-refractivity contribution is -0.150. The zero-order valence-corrected chi connectivity index (χ0v) is 35.8. The molecule has 0 aliphatic heterocycles. The Balaban J connectivity index is 0.000000227. The van der Waals surface area contributed by atoms with Crippen LogP contribution in [0.2, 0.25) is 0 Å². The van der Waals surface area contributed by atoms with E-state index in [0.717, 1.165) is 78.7 Å². The molecule has 3 aliphatic rings. The summed E-state index contributed by atoms with van der Waals surface area (Å²) in [5.74, 6) is -2.84. The lowest BCUT2D eigenvalue weighted by Gasteiger charge is -2.32. The molecule has 0 heterocycles. The summed E-state index contributed by atoms with van der Waals surface area (Å²) in [4.78, 5) is 33.6.